The summed E-state index contributed by atoms with van der Waals surface area (Å²) < 4.78 is 0. The van der Waals surface area contributed by atoms with Crippen molar-refractivity contribution >= 4 is 23.1 Å². The Hall–Kier alpha value is -0.830. The molecule has 0 saturated heterocycles. The fourth-order valence-corrected chi connectivity index (χ4v) is 1.42. The Morgan fingerprint density at radius 3 is 2.92 bits per heavy atom. The number of anilines is 2. The summed E-state index contributed by atoms with van der Waals surface area (Å²) in [7, 11) is 0. The highest BCUT2D eigenvalue weighted by molar-refractivity contribution is 7.98. The first-order chi connectivity index (χ1) is 6.24. The van der Waals surface area contributed by atoms with E-state index in [-0.39, 0.29) is 0 Å². The third kappa shape index (κ3) is 3.19. The average molecular weight is 196 g/mol. The van der Waals surface area contributed by atoms with Crippen LogP contribution >= 0.6 is 11.8 Å². The van der Waals surface area contributed by atoms with Gasteiger partial charge in [-0.05, 0) is 30.9 Å². The van der Waals surface area contributed by atoms with Crippen LogP contribution in [0.15, 0.2) is 18.2 Å². The monoisotopic (exact) mass is 196 g/mol. The lowest BCUT2D eigenvalue weighted by Crippen LogP contribution is -2.06. The maximum atomic E-state index is 5.80. The summed E-state index contributed by atoms with van der Waals surface area (Å²) in [5.74, 6) is 1.10. The van der Waals surface area contributed by atoms with Gasteiger partial charge in [-0.15, -0.1) is 0 Å². The number of aryl methyl sites for hydroxylation is 1. The Bertz CT molecular complexity index is 274. The number of rotatable bonds is 4. The number of nitrogens with two attached hydrogens (primary N) is 1. The largest absolute Gasteiger partial charge is 0.397 e. The van der Waals surface area contributed by atoms with Crippen LogP contribution in [0.2, 0.25) is 0 Å². The van der Waals surface area contributed by atoms with Crippen LogP contribution in [0.25, 0.3) is 0 Å². The normalized spacial score (nSPS) is 10.0. The molecule has 0 saturated carbocycles. The molecule has 0 fully saturated rings. The van der Waals surface area contributed by atoms with Crippen molar-refractivity contribution in [1.82, 2.24) is 0 Å². The van der Waals surface area contributed by atoms with Crippen molar-refractivity contribution in [2.75, 3.05) is 29.6 Å². The Morgan fingerprint density at radius 1 is 1.46 bits per heavy atom. The van der Waals surface area contributed by atoms with Gasteiger partial charge in [0.1, 0.15) is 0 Å². The molecule has 0 aliphatic heterocycles. The molecule has 0 aliphatic carbocycles. The zero-order valence-corrected chi connectivity index (χ0v) is 8.95. The summed E-state index contributed by atoms with van der Waals surface area (Å²) in [5.41, 5.74) is 8.91. The average Bonchev–Trinajstić information content (AvgIpc) is 2.11. The van der Waals surface area contributed by atoms with Crippen LogP contribution in [0.1, 0.15) is 5.56 Å². The number of benzene rings is 1. The standard InChI is InChI=1S/C10H16N2S/c1-8-3-4-9(11)10(7-8)12-5-6-13-2/h3-4,7,12H,5-6,11H2,1-2H3. The van der Waals surface area contributed by atoms with E-state index in [1.54, 1.807) is 0 Å². The molecule has 1 rings (SSSR count). The van der Waals surface area contributed by atoms with E-state index in [4.69, 9.17) is 5.73 Å². The molecule has 0 atom stereocenters. The predicted molar refractivity (Wildman–Crippen MR) is 62.5 cm³/mol. The van der Waals surface area contributed by atoms with Crippen molar-refractivity contribution in [2.24, 2.45) is 0 Å². The van der Waals surface area contributed by atoms with Crippen LogP contribution in [-0.4, -0.2) is 18.6 Å². The molecule has 0 aromatic heterocycles. The van der Waals surface area contributed by atoms with Gasteiger partial charge in [-0.1, -0.05) is 6.07 Å². The highest BCUT2D eigenvalue weighted by atomic mass is 32.2. The molecule has 0 aliphatic rings. The number of nitrogen functional groups attached to an aromatic ring is 1. The molecule has 0 spiro atoms. The van der Waals surface area contributed by atoms with E-state index in [1.807, 2.05) is 23.9 Å². The van der Waals surface area contributed by atoms with Crippen molar-refractivity contribution in [3.63, 3.8) is 0 Å². The molecule has 13 heavy (non-hydrogen) atoms. The Balaban J connectivity index is 2.59. The van der Waals surface area contributed by atoms with Crippen LogP contribution < -0.4 is 11.1 Å². The van der Waals surface area contributed by atoms with Gasteiger partial charge in [0.25, 0.3) is 0 Å². The lowest BCUT2D eigenvalue weighted by Gasteiger charge is -2.08. The van der Waals surface area contributed by atoms with Crippen LogP contribution in [0.5, 0.6) is 0 Å². The van der Waals surface area contributed by atoms with Crippen LogP contribution in [0.3, 0.4) is 0 Å². The first-order valence-corrected chi connectivity index (χ1v) is 5.72. The molecule has 3 N–H and O–H groups in total. The first-order valence-electron chi connectivity index (χ1n) is 4.33. The van der Waals surface area contributed by atoms with E-state index in [9.17, 15) is 0 Å². The maximum absolute atomic E-state index is 5.80. The second-order valence-corrected chi connectivity index (χ2v) is 4.00. The summed E-state index contributed by atoms with van der Waals surface area (Å²) in [4.78, 5) is 0. The van der Waals surface area contributed by atoms with Gasteiger partial charge in [0, 0.05) is 12.3 Å². The minimum Gasteiger partial charge on any atom is -0.397 e. The highest BCUT2D eigenvalue weighted by Gasteiger charge is 1.97. The number of hydrogen-bond donors (Lipinski definition) is 2. The van der Waals surface area contributed by atoms with E-state index in [2.05, 4.69) is 24.6 Å². The third-order valence-corrected chi connectivity index (χ3v) is 2.44. The second-order valence-electron chi connectivity index (χ2n) is 3.01. The number of thioether (sulfide) groups is 1. The van der Waals surface area contributed by atoms with Gasteiger partial charge in [-0.25, -0.2) is 0 Å². The van der Waals surface area contributed by atoms with Crippen LogP contribution in [0.4, 0.5) is 11.4 Å². The molecular formula is C10H16N2S. The predicted octanol–water partition coefficient (Wildman–Crippen LogP) is 2.35. The minimum atomic E-state index is 0.826. The minimum absolute atomic E-state index is 0.826. The van der Waals surface area contributed by atoms with Crippen LogP contribution in [0, 0.1) is 6.92 Å². The van der Waals surface area contributed by atoms with Crippen molar-refractivity contribution in [3.8, 4) is 0 Å². The fourth-order valence-electron chi connectivity index (χ4n) is 1.11. The summed E-state index contributed by atoms with van der Waals surface area (Å²) in [6.07, 6.45) is 2.10. The molecule has 2 nitrogen and oxygen atoms in total. The summed E-state index contributed by atoms with van der Waals surface area (Å²) in [6.45, 7) is 3.04. The van der Waals surface area contributed by atoms with Gasteiger partial charge >= 0.3 is 0 Å². The van der Waals surface area contributed by atoms with E-state index in [0.29, 0.717) is 0 Å². The molecule has 0 radical (unpaired) electrons. The zero-order chi connectivity index (χ0) is 9.68. The van der Waals surface area contributed by atoms with Crippen molar-refractivity contribution < 1.29 is 0 Å². The molecule has 1 aromatic rings. The highest BCUT2D eigenvalue weighted by Crippen LogP contribution is 2.19. The van der Waals surface area contributed by atoms with Gasteiger partial charge < -0.3 is 11.1 Å². The van der Waals surface area contributed by atoms with Crippen molar-refractivity contribution in [2.45, 2.75) is 6.92 Å². The molecule has 0 heterocycles. The summed E-state index contributed by atoms with van der Waals surface area (Å²) >= 11 is 1.83. The molecule has 0 unspecified atom stereocenters. The fraction of sp³-hybridized carbons (Fsp3) is 0.400. The second kappa shape index (κ2) is 5.02. The Kier molecular flexibility index (Phi) is 3.96. The van der Waals surface area contributed by atoms with Gasteiger partial charge in [0.2, 0.25) is 0 Å². The Labute approximate surface area is 83.9 Å². The van der Waals surface area contributed by atoms with Gasteiger partial charge in [-0.2, -0.15) is 11.8 Å². The first kappa shape index (κ1) is 10.3. The molecule has 1 aromatic carbocycles. The van der Waals surface area contributed by atoms with E-state index in [0.717, 1.165) is 23.7 Å². The third-order valence-electron chi connectivity index (χ3n) is 1.83. The number of nitrogens with one attached hydrogen (secondary N) is 1. The lowest BCUT2D eigenvalue weighted by atomic mass is 10.2. The van der Waals surface area contributed by atoms with Gasteiger partial charge in [-0.3, -0.25) is 0 Å². The molecule has 72 valence electrons. The van der Waals surface area contributed by atoms with Crippen molar-refractivity contribution in [1.29, 1.82) is 0 Å². The topological polar surface area (TPSA) is 38.0 Å². The molecule has 3 heteroatoms. The van der Waals surface area contributed by atoms with Crippen LogP contribution in [-0.2, 0) is 0 Å². The lowest BCUT2D eigenvalue weighted by molar-refractivity contribution is 1.23. The molecule has 0 bridgehead atoms. The SMILES string of the molecule is CSCCNc1cc(C)ccc1N. The molecular weight excluding hydrogens is 180 g/mol. The zero-order valence-electron chi connectivity index (χ0n) is 8.13. The summed E-state index contributed by atoms with van der Waals surface area (Å²) in [6, 6.07) is 6.04. The van der Waals surface area contributed by atoms with E-state index in [1.165, 1.54) is 5.56 Å². The van der Waals surface area contributed by atoms with Crippen molar-refractivity contribution in [3.05, 3.63) is 23.8 Å². The number of hydrogen-bond acceptors (Lipinski definition) is 3. The Morgan fingerprint density at radius 2 is 2.23 bits per heavy atom. The van der Waals surface area contributed by atoms with E-state index >= 15 is 0 Å². The molecule has 0 amide bonds. The smallest absolute Gasteiger partial charge is 0.0576 e. The van der Waals surface area contributed by atoms with Gasteiger partial charge in [0.15, 0.2) is 0 Å². The summed E-state index contributed by atoms with van der Waals surface area (Å²) in [5, 5.41) is 3.31. The van der Waals surface area contributed by atoms with Gasteiger partial charge in [0.05, 0.1) is 11.4 Å². The maximum Gasteiger partial charge on any atom is 0.0576 e. The van der Waals surface area contributed by atoms with E-state index < -0.39 is 0 Å². The quantitative estimate of drug-likeness (QED) is 0.573.